The van der Waals surface area contributed by atoms with E-state index in [1.165, 1.54) is 4.90 Å². The van der Waals surface area contributed by atoms with E-state index in [1.54, 1.807) is 20.0 Å². The molecule has 0 bridgehead atoms. The topological polar surface area (TPSA) is 87.8 Å². The molecule has 1 aliphatic heterocycles. The molecule has 2 amide bonds. The average molecular weight is 250 g/mol. The van der Waals surface area contributed by atoms with Crippen molar-refractivity contribution < 1.29 is 14.1 Å². The van der Waals surface area contributed by atoms with E-state index in [0.29, 0.717) is 36.6 Å². The fraction of sp³-hybridized carbons (Fsp3) is 0.455. The molecule has 0 atom stereocenters. The first kappa shape index (κ1) is 12.3. The maximum absolute atomic E-state index is 12.0. The second-order valence-electron chi connectivity index (χ2n) is 4.18. The van der Waals surface area contributed by atoms with E-state index in [2.05, 4.69) is 15.7 Å². The smallest absolute Gasteiger partial charge is 0.270 e. The summed E-state index contributed by atoms with van der Waals surface area (Å²) in [4.78, 5) is 24.4. The van der Waals surface area contributed by atoms with Crippen LogP contribution >= 0.6 is 0 Å². The number of hydrogen-bond acceptors (Lipinski definition) is 5. The number of hydrazone groups is 1. The van der Waals surface area contributed by atoms with Gasteiger partial charge in [-0.1, -0.05) is 5.16 Å². The maximum atomic E-state index is 12.0. The van der Waals surface area contributed by atoms with Gasteiger partial charge in [-0.2, -0.15) is 5.10 Å². The zero-order valence-electron chi connectivity index (χ0n) is 10.3. The third-order valence-corrected chi connectivity index (χ3v) is 2.57. The van der Waals surface area contributed by atoms with Crippen molar-refractivity contribution in [2.24, 2.45) is 5.10 Å². The minimum absolute atomic E-state index is 0.165. The lowest BCUT2D eigenvalue weighted by atomic mass is 10.1. The molecule has 0 radical (unpaired) electrons. The zero-order chi connectivity index (χ0) is 13.1. The molecule has 7 heteroatoms. The molecule has 96 valence electrons. The Morgan fingerprint density at radius 3 is 2.89 bits per heavy atom. The Balaban J connectivity index is 1.98. The first-order valence-corrected chi connectivity index (χ1v) is 5.59. The normalized spacial score (nSPS) is 15.0. The Morgan fingerprint density at radius 1 is 1.56 bits per heavy atom. The van der Waals surface area contributed by atoms with E-state index in [9.17, 15) is 9.59 Å². The van der Waals surface area contributed by atoms with Gasteiger partial charge in [0.05, 0.1) is 6.54 Å². The Hall–Kier alpha value is -2.18. The van der Waals surface area contributed by atoms with Crippen LogP contribution < -0.4 is 5.43 Å². The summed E-state index contributed by atoms with van der Waals surface area (Å²) in [5.74, 6) is 0.324. The monoisotopic (exact) mass is 250 g/mol. The summed E-state index contributed by atoms with van der Waals surface area (Å²) in [7, 11) is 1.66. The van der Waals surface area contributed by atoms with Crippen molar-refractivity contribution in [1.82, 2.24) is 15.5 Å². The highest BCUT2D eigenvalue weighted by atomic mass is 16.5. The van der Waals surface area contributed by atoms with Crippen molar-refractivity contribution in [3.63, 3.8) is 0 Å². The van der Waals surface area contributed by atoms with Gasteiger partial charge in [0.25, 0.3) is 5.91 Å². The summed E-state index contributed by atoms with van der Waals surface area (Å²) in [5, 5.41) is 7.58. The Kier molecular flexibility index (Phi) is 3.40. The van der Waals surface area contributed by atoms with E-state index in [0.717, 1.165) is 0 Å². The van der Waals surface area contributed by atoms with Gasteiger partial charge in [0.2, 0.25) is 5.91 Å². The maximum Gasteiger partial charge on any atom is 0.270 e. The van der Waals surface area contributed by atoms with Crippen LogP contribution in [0, 0.1) is 6.92 Å². The SMILES string of the molecule is Cc1cc(CN(C)C(=O)C2=NNC(=O)CC2)no1. The number of hydrogen-bond donors (Lipinski definition) is 1. The quantitative estimate of drug-likeness (QED) is 0.830. The molecule has 1 aromatic heterocycles. The first-order valence-electron chi connectivity index (χ1n) is 5.59. The Bertz CT molecular complexity index is 506. The van der Waals surface area contributed by atoms with Crippen molar-refractivity contribution in [3.8, 4) is 0 Å². The summed E-state index contributed by atoms with van der Waals surface area (Å²) < 4.78 is 4.93. The number of nitrogens with one attached hydrogen (secondary N) is 1. The second-order valence-corrected chi connectivity index (χ2v) is 4.18. The fourth-order valence-electron chi connectivity index (χ4n) is 1.66. The van der Waals surface area contributed by atoms with Crippen molar-refractivity contribution in [2.75, 3.05) is 7.05 Å². The van der Waals surface area contributed by atoms with E-state index in [1.807, 2.05) is 0 Å². The van der Waals surface area contributed by atoms with Crippen LogP contribution in [0.4, 0.5) is 0 Å². The van der Waals surface area contributed by atoms with Crippen LogP contribution in [0.15, 0.2) is 15.7 Å². The summed E-state index contributed by atoms with van der Waals surface area (Å²) >= 11 is 0. The highest BCUT2D eigenvalue weighted by Gasteiger charge is 2.21. The van der Waals surface area contributed by atoms with Gasteiger partial charge in [0.1, 0.15) is 17.2 Å². The lowest BCUT2D eigenvalue weighted by molar-refractivity contribution is -0.124. The largest absolute Gasteiger partial charge is 0.361 e. The minimum Gasteiger partial charge on any atom is -0.361 e. The van der Waals surface area contributed by atoms with Gasteiger partial charge in [0.15, 0.2) is 0 Å². The number of aryl methyl sites for hydroxylation is 1. The molecule has 0 aliphatic carbocycles. The van der Waals surface area contributed by atoms with Crippen LogP contribution in [-0.4, -0.2) is 34.6 Å². The summed E-state index contributed by atoms with van der Waals surface area (Å²) in [6.45, 7) is 2.14. The van der Waals surface area contributed by atoms with Crippen LogP contribution in [0.25, 0.3) is 0 Å². The molecule has 0 spiro atoms. The van der Waals surface area contributed by atoms with E-state index in [-0.39, 0.29) is 11.8 Å². The van der Waals surface area contributed by atoms with Gasteiger partial charge in [-0.25, -0.2) is 5.43 Å². The summed E-state index contributed by atoms with van der Waals surface area (Å²) in [5.41, 5.74) is 3.35. The molecule has 1 aromatic rings. The number of carbonyl (C=O) groups is 2. The average Bonchev–Trinajstić information content (AvgIpc) is 2.75. The third-order valence-electron chi connectivity index (χ3n) is 2.57. The van der Waals surface area contributed by atoms with Crippen LogP contribution in [0.5, 0.6) is 0 Å². The highest BCUT2D eigenvalue weighted by molar-refractivity contribution is 6.39. The van der Waals surface area contributed by atoms with Gasteiger partial charge < -0.3 is 9.42 Å². The molecule has 0 aromatic carbocycles. The molecule has 2 heterocycles. The molecule has 0 fully saturated rings. The molecule has 1 aliphatic rings. The molecule has 7 nitrogen and oxygen atoms in total. The predicted molar refractivity (Wildman–Crippen MR) is 62.5 cm³/mol. The second kappa shape index (κ2) is 4.99. The molecule has 1 N–H and O–H groups in total. The van der Waals surface area contributed by atoms with Crippen LogP contribution in [0.1, 0.15) is 24.3 Å². The van der Waals surface area contributed by atoms with Gasteiger partial charge >= 0.3 is 0 Å². The van der Waals surface area contributed by atoms with Crippen molar-refractivity contribution >= 4 is 17.5 Å². The first-order chi connectivity index (χ1) is 8.56. The Labute approximate surface area is 104 Å². The van der Waals surface area contributed by atoms with Crippen molar-refractivity contribution in [3.05, 3.63) is 17.5 Å². The number of rotatable bonds is 3. The van der Waals surface area contributed by atoms with Gasteiger partial charge in [0, 0.05) is 26.0 Å². The molecule has 2 rings (SSSR count). The molecule has 18 heavy (non-hydrogen) atoms. The molecular formula is C11H14N4O3. The number of nitrogens with zero attached hydrogens (tertiary/aromatic N) is 3. The van der Waals surface area contributed by atoms with E-state index in [4.69, 9.17) is 4.52 Å². The van der Waals surface area contributed by atoms with Crippen molar-refractivity contribution in [2.45, 2.75) is 26.3 Å². The third kappa shape index (κ3) is 2.73. The van der Waals surface area contributed by atoms with Crippen molar-refractivity contribution in [1.29, 1.82) is 0 Å². The van der Waals surface area contributed by atoms with Crippen LogP contribution in [0.2, 0.25) is 0 Å². The fourth-order valence-corrected chi connectivity index (χ4v) is 1.66. The van der Waals surface area contributed by atoms with E-state index >= 15 is 0 Å². The predicted octanol–water partition coefficient (Wildman–Crippen LogP) is 0.207. The minimum atomic E-state index is -0.212. The summed E-state index contributed by atoms with van der Waals surface area (Å²) in [6.07, 6.45) is 0.661. The number of carbonyl (C=O) groups excluding carboxylic acids is 2. The van der Waals surface area contributed by atoms with Crippen LogP contribution in [0.3, 0.4) is 0 Å². The van der Waals surface area contributed by atoms with E-state index < -0.39 is 0 Å². The summed E-state index contributed by atoms with van der Waals surface area (Å²) in [6, 6.07) is 1.77. The molecule has 0 saturated heterocycles. The lowest BCUT2D eigenvalue weighted by Gasteiger charge is -2.18. The van der Waals surface area contributed by atoms with Crippen LogP contribution in [-0.2, 0) is 16.1 Å². The number of aromatic nitrogens is 1. The number of amides is 2. The van der Waals surface area contributed by atoms with Gasteiger partial charge in [-0.3, -0.25) is 9.59 Å². The standard InChI is InChI=1S/C11H14N4O3/c1-7-5-8(14-18-7)6-15(2)11(17)9-3-4-10(16)13-12-9/h5H,3-4,6H2,1-2H3,(H,13,16). The van der Waals surface area contributed by atoms with Gasteiger partial charge in [-0.15, -0.1) is 0 Å². The molecular weight excluding hydrogens is 236 g/mol. The zero-order valence-corrected chi connectivity index (χ0v) is 10.3. The van der Waals surface area contributed by atoms with Gasteiger partial charge in [-0.05, 0) is 6.92 Å². The molecule has 0 unspecified atom stereocenters. The molecule has 0 saturated carbocycles. The Morgan fingerprint density at radius 2 is 2.33 bits per heavy atom. The highest BCUT2D eigenvalue weighted by Crippen LogP contribution is 2.07. The lowest BCUT2D eigenvalue weighted by Crippen LogP contribution is -2.37.